The maximum Gasteiger partial charge on any atom is 0.350 e. The summed E-state index contributed by atoms with van der Waals surface area (Å²) in [5.41, 5.74) is -0.639. The average molecular weight is 453 g/mol. The Morgan fingerprint density at radius 1 is 0.938 bits per heavy atom. The Kier molecular flexibility index (Phi) is 6.10. The van der Waals surface area contributed by atoms with Crippen molar-refractivity contribution >= 4 is 17.9 Å². The Hall–Kier alpha value is -2.55. The summed E-state index contributed by atoms with van der Waals surface area (Å²) in [6.45, 7) is 7.64. The molecule has 3 aliphatic rings. The van der Waals surface area contributed by atoms with Gasteiger partial charge in [-0.05, 0) is 31.6 Å². The molecule has 0 saturated carbocycles. The molecule has 0 aromatic heterocycles. The molecule has 0 spiro atoms. The monoisotopic (exact) mass is 452 g/mol. The molecule has 9 heteroatoms. The van der Waals surface area contributed by atoms with Crippen molar-refractivity contribution in [1.82, 2.24) is 0 Å². The third-order valence-electron chi connectivity index (χ3n) is 6.95. The first-order valence-corrected chi connectivity index (χ1v) is 10.6. The summed E-state index contributed by atoms with van der Waals surface area (Å²) in [5.74, 6) is -6.00. The van der Waals surface area contributed by atoms with Gasteiger partial charge >= 0.3 is 17.9 Å². The van der Waals surface area contributed by atoms with Crippen LogP contribution in [0.3, 0.4) is 0 Å². The van der Waals surface area contributed by atoms with Crippen LogP contribution in [0.1, 0.15) is 47.0 Å². The first-order valence-electron chi connectivity index (χ1n) is 10.6. The van der Waals surface area contributed by atoms with E-state index in [1.54, 1.807) is 6.92 Å². The SMILES string of the molecule is COC(=O)C1=C(OC)OC2(C)OC(C(=O)OC)(C(=O)OC)C(C3=C(C)CCCC3(C)C)C12. The van der Waals surface area contributed by atoms with Crippen molar-refractivity contribution in [2.45, 2.75) is 58.3 Å². The Morgan fingerprint density at radius 2 is 1.53 bits per heavy atom. The van der Waals surface area contributed by atoms with Gasteiger partial charge in [-0.3, -0.25) is 0 Å². The van der Waals surface area contributed by atoms with Gasteiger partial charge in [0.2, 0.25) is 5.79 Å². The Balaban J connectivity index is 2.40. The van der Waals surface area contributed by atoms with Crippen LogP contribution in [0.5, 0.6) is 0 Å². The molecule has 0 radical (unpaired) electrons. The Bertz CT molecular complexity index is 881. The highest BCUT2D eigenvalue weighted by atomic mass is 16.8. The van der Waals surface area contributed by atoms with E-state index < -0.39 is 46.5 Å². The molecule has 3 rings (SSSR count). The van der Waals surface area contributed by atoms with Gasteiger partial charge in [0.25, 0.3) is 11.5 Å². The molecule has 1 fully saturated rings. The van der Waals surface area contributed by atoms with Gasteiger partial charge in [0.05, 0.1) is 34.4 Å². The molecular formula is C23H32O9. The van der Waals surface area contributed by atoms with Crippen molar-refractivity contribution in [3.8, 4) is 0 Å². The number of hydrogen-bond acceptors (Lipinski definition) is 9. The second-order valence-electron chi connectivity index (χ2n) is 9.22. The predicted molar refractivity (Wildman–Crippen MR) is 111 cm³/mol. The fourth-order valence-corrected chi connectivity index (χ4v) is 5.76. The largest absolute Gasteiger partial charge is 0.468 e. The summed E-state index contributed by atoms with van der Waals surface area (Å²) in [6, 6.07) is 0. The molecule has 0 aromatic rings. The van der Waals surface area contributed by atoms with Crippen molar-refractivity contribution in [1.29, 1.82) is 0 Å². The quantitative estimate of drug-likeness (QED) is 0.269. The van der Waals surface area contributed by atoms with E-state index in [-0.39, 0.29) is 11.5 Å². The smallest absolute Gasteiger partial charge is 0.350 e. The lowest BCUT2D eigenvalue weighted by atomic mass is 9.60. The van der Waals surface area contributed by atoms with Gasteiger partial charge in [0.1, 0.15) is 5.57 Å². The van der Waals surface area contributed by atoms with Crippen LogP contribution in [0.2, 0.25) is 0 Å². The predicted octanol–water partition coefficient (Wildman–Crippen LogP) is 2.64. The van der Waals surface area contributed by atoms with E-state index in [0.717, 1.165) is 30.4 Å². The molecule has 0 bridgehead atoms. The summed E-state index contributed by atoms with van der Waals surface area (Å²) >= 11 is 0. The minimum Gasteiger partial charge on any atom is -0.468 e. The first kappa shape index (κ1) is 24.1. The molecule has 3 atom stereocenters. The summed E-state index contributed by atoms with van der Waals surface area (Å²) < 4.78 is 32.6. The van der Waals surface area contributed by atoms with Crippen molar-refractivity contribution < 1.29 is 42.8 Å². The maximum atomic E-state index is 13.3. The molecule has 2 aliphatic heterocycles. The van der Waals surface area contributed by atoms with E-state index in [0.29, 0.717) is 0 Å². The van der Waals surface area contributed by atoms with Crippen LogP contribution in [0.15, 0.2) is 22.7 Å². The fraction of sp³-hybridized carbons (Fsp3) is 0.696. The molecular weight excluding hydrogens is 420 g/mol. The maximum absolute atomic E-state index is 13.3. The molecule has 9 nitrogen and oxygen atoms in total. The van der Waals surface area contributed by atoms with Crippen LogP contribution >= 0.6 is 0 Å². The molecule has 0 N–H and O–H groups in total. The van der Waals surface area contributed by atoms with Gasteiger partial charge in [-0.15, -0.1) is 0 Å². The summed E-state index contributed by atoms with van der Waals surface area (Å²) in [5, 5.41) is 0. The van der Waals surface area contributed by atoms with Gasteiger partial charge in [-0.1, -0.05) is 25.0 Å². The average Bonchev–Trinajstić information content (AvgIpc) is 3.18. The fourth-order valence-electron chi connectivity index (χ4n) is 5.76. The molecule has 32 heavy (non-hydrogen) atoms. The minimum atomic E-state index is -2.17. The highest BCUT2D eigenvalue weighted by Gasteiger charge is 2.76. The minimum absolute atomic E-state index is 0.0652. The lowest BCUT2D eigenvalue weighted by molar-refractivity contribution is -0.246. The lowest BCUT2D eigenvalue weighted by Gasteiger charge is -2.42. The summed E-state index contributed by atoms with van der Waals surface area (Å²) in [7, 11) is 4.96. The Labute approximate surface area is 188 Å². The van der Waals surface area contributed by atoms with Gasteiger partial charge in [-0.25, -0.2) is 14.4 Å². The highest BCUT2D eigenvalue weighted by molar-refractivity contribution is 6.06. The molecule has 178 valence electrons. The van der Waals surface area contributed by atoms with Crippen LogP contribution in [0.4, 0.5) is 0 Å². The van der Waals surface area contributed by atoms with E-state index in [1.165, 1.54) is 28.4 Å². The molecule has 1 saturated heterocycles. The number of esters is 3. The van der Waals surface area contributed by atoms with Gasteiger partial charge in [-0.2, -0.15) is 0 Å². The van der Waals surface area contributed by atoms with Crippen LogP contribution < -0.4 is 0 Å². The number of fused-ring (bicyclic) bond motifs is 1. The lowest BCUT2D eigenvalue weighted by Crippen LogP contribution is -2.56. The van der Waals surface area contributed by atoms with E-state index in [1.807, 2.05) is 6.92 Å². The van der Waals surface area contributed by atoms with E-state index in [9.17, 15) is 14.4 Å². The number of allylic oxidation sites excluding steroid dienone is 1. The number of carbonyl (C=O) groups excluding carboxylic acids is 3. The van der Waals surface area contributed by atoms with Gasteiger partial charge < -0.3 is 28.4 Å². The molecule has 3 unspecified atom stereocenters. The van der Waals surface area contributed by atoms with Crippen molar-refractivity contribution in [2.24, 2.45) is 17.3 Å². The zero-order chi connectivity index (χ0) is 24.1. The van der Waals surface area contributed by atoms with Crippen LogP contribution in [-0.2, 0) is 42.8 Å². The topological polar surface area (TPSA) is 107 Å². The zero-order valence-corrected chi connectivity index (χ0v) is 20.0. The van der Waals surface area contributed by atoms with Crippen molar-refractivity contribution in [2.75, 3.05) is 28.4 Å². The number of rotatable bonds is 5. The van der Waals surface area contributed by atoms with Crippen molar-refractivity contribution in [3.05, 3.63) is 22.7 Å². The molecule has 0 aromatic carbocycles. The van der Waals surface area contributed by atoms with E-state index in [2.05, 4.69) is 13.8 Å². The molecule has 0 amide bonds. The van der Waals surface area contributed by atoms with Gasteiger partial charge in [0, 0.05) is 12.8 Å². The third kappa shape index (κ3) is 3.20. The molecule has 2 heterocycles. The standard InChI is InChI=1S/C23H32O9/c1-12-10-9-11-21(2,3)14(12)16-15-13(17(24)27-5)18(28-6)31-22(15,4)32-23(16,19(25)29-7)20(26)30-8/h15-16H,9-11H2,1-8H3. The number of carbonyl (C=O) groups is 3. The van der Waals surface area contributed by atoms with Crippen LogP contribution in [-0.4, -0.2) is 57.7 Å². The third-order valence-corrected chi connectivity index (χ3v) is 6.95. The highest BCUT2D eigenvalue weighted by Crippen LogP contribution is 2.63. The summed E-state index contributed by atoms with van der Waals surface area (Å²) in [6.07, 6.45) is 2.57. The zero-order valence-electron chi connectivity index (χ0n) is 20.0. The summed E-state index contributed by atoms with van der Waals surface area (Å²) in [4.78, 5) is 39.5. The number of methoxy groups -OCH3 is 4. The normalized spacial score (nSPS) is 30.4. The van der Waals surface area contributed by atoms with E-state index >= 15 is 0 Å². The number of ether oxygens (including phenoxy) is 6. The van der Waals surface area contributed by atoms with Crippen LogP contribution in [0, 0.1) is 17.3 Å². The van der Waals surface area contributed by atoms with Crippen LogP contribution in [0.25, 0.3) is 0 Å². The number of hydrogen-bond donors (Lipinski definition) is 0. The second kappa shape index (κ2) is 8.10. The van der Waals surface area contributed by atoms with Gasteiger partial charge in [0.15, 0.2) is 0 Å². The Morgan fingerprint density at radius 3 is 2.00 bits per heavy atom. The second-order valence-corrected chi connectivity index (χ2v) is 9.22. The van der Waals surface area contributed by atoms with E-state index in [4.69, 9.17) is 28.4 Å². The first-order chi connectivity index (χ1) is 14.9. The molecule has 1 aliphatic carbocycles. The van der Waals surface area contributed by atoms with Crippen molar-refractivity contribution in [3.63, 3.8) is 0 Å².